The number of rotatable bonds is 6. The van der Waals surface area contributed by atoms with Gasteiger partial charge in [0, 0.05) is 6.04 Å². The predicted molar refractivity (Wildman–Crippen MR) is 85.8 cm³/mol. The van der Waals surface area contributed by atoms with Crippen LogP contribution in [0.4, 0.5) is 0 Å². The number of nitrogens with one attached hydrogen (secondary N) is 1. The van der Waals surface area contributed by atoms with Crippen LogP contribution in [-0.2, 0) is 6.42 Å². The molecule has 2 rings (SSSR count). The fraction of sp³-hybridized carbons (Fsp3) is 0.765. The molecule has 1 saturated carbocycles. The van der Waals surface area contributed by atoms with Gasteiger partial charge in [0.05, 0.1) is 0 Å². The fourth-order valence-electron chi connectivity index (χ4n) is 3.35. The first-order valence-electron chi connectivity index (χ1n) is 7.95. The molecule has 0 aromatic carbocycles. The van der Waals surface area contributed by atoms with Crippen molar-refractivity contribution in [2.24, 2.45) is 17.8 Å². The van der Waals surface area contributed by atoms with E-state index in [9.17, 15) is 0 Å². The van der Waals surface area contributed by atoms with E-state index in [1.165, 1.54) is 37.7 Å². The smallest absolute Gasteiger partial charge is 0.0136 e. The van der Waals surface area contributed by atoms with E-state index in [1.807, 2.05) is 11.3 Å². The molecular formula is C17H29NS. The lowest BCUT2D eigenvalue weighted by Crippen LogP contribution is -2.41. The SMILES string of the molecule is CCCNC(Cc1ccsc1)C1CCC(C)C(C)C1. The van der Waals surface area contributed by atoms with Crippen molar-refractivity contribution < 1.29 is 0 Å². The molecule has 0 spiro atoms. The quantitative estimate of drug-likeness (QED) is 0.793. The molecule has 108 valence electrons. The lowest BCUT2D eigenvalue weighted by molar-refractivity contribution is 0.170. The summed E-state index contributed by atoms with van der Waals surface area (Å²) >= 11 is 1.83. The number of hydrogen-bond donors (Lipinski definition) is 1. The summed E-state index contributed by atoms with van der Waals surface area (Å²) in [6, 6.07) is 2.98. The fourth-order valence-corrected chi connectivity index (χ4v) is 4.03. The van der Waals surface area contributed by atoms with Crippen LogP contribution in [0.25, 0.3) is 0 Å². The number of hydrogen-bond acceptors (Lipinski definition) is 2. The van der Waals surface area contributed by atoms with Crippen LogP contribution in [-0.4, -0.2) is 12.6 Å². The Kier molecular flexibility index (Phi) is 5.90. The molecule has 1 heterocycles. The van der Waals surface area contributed by atoms with Crippen LogP contribution in [0.1, 0.15) is 52.0 Å². The Morgan fingerprint density at radius 3 is 2.79 bits per heavy atom. The van der Waals surface area contributed by atoms with Gasteiger partial charge in [-0.25, -0.2) is 0 Å². The Hall–Kier alpha value is -0.340. The van der Waals surface area contributed by atoms with Gasteiger partial charge in [0.25, 0.3) is 0 Å². The van der Waals surface area contributed by atoms with Crippen LogP contribution in [0.2, 0.25) is 0 Å². The maximum Gasteiger partial charge on any atom is 0.0136 e. The molecule has 1 fully saturated rings. The van der Waals surface area contributed by atoms with Gasteiger partial charge in [-0.2, -0.15) is 11.3 Å². The van der Waals surface area contributed by atoms with Crippen molar-refractivity contribution in [3.8, 4) is 0 Å². The van der Waals surface area contributed by atoms with Gasteiger partial charge in [-0.05, 0) is 72.4 Å². The molecule has 0 aliphatic heterocycles. The lowest BCUT2D eigenvalue weighted by atomic mass is 9.72. The summed E-state index contributed by atoms with van der Waals surface area (Å²) in [6.45, 7) is 8.29. The van der Waals surface area contributed by atoms with E-state index < -0.39 is 0 Å². The van der Waals surface area contributed by atoms with Gasteiger partial charge in [0.2, 0.25) is 0 Å². The molecule has 0 radical (unpaired) electrons. The summed E-state index contributed by atoms with van der Waals surface area (Å²) in [6.07, 6.45) is 6.69. The van der Waals surface area contributed by atoms with E-state index >= 15 is 0 Å². The molecule has 1 aromatic heterocycles. The van der Waals surface area contributed by atoms with Gasteiger partial charge in [0.1, 0.15) is 0 Å². The van der Waals surface area contributed by atoms with Crippen LogP contribution in [0.5, 0.6) is 0 Å². The van der Waals surface area contributed by atoms with E-state index in [1.54, 1.807) is 0 Å². The van der Waals surface area contributed by atoms with Crippen molar-refractivity contribution in [3.63, 3.8) is 0 Å². The topological polar surface area (TPSA) is 12.0 Å². The Labute approximate surface area is 122 Å². The van der Waals surface area contributed by atoms with Gasteiger partial charge in [-0.3, -0.25) is 0 Å². The van der Waals surface area contributed by atoms with Crippen LogP contribution in [0.3, 0.4) is 0 Å². The Morgan fingerprint density at radius 1 is 1.32 bits per heavy atom. The predicted octanol–water partition coefficient (Wildman–Crippen LogP) is 4.73. The molecule has 19 heavy (non-hydrogen) atoms. The highest BCUT2D eigenvalue weighted by atomic mass is 32.1. The van der Waals surface area contributed by atoms with Gasteiger partial charge < -0.3 is 5.32 Å². The van der Waals surface area contributed by atoms with Crippen molar-refractivity contribution in [3.05, 3.63) is 22.4 Å². The van der Waals surface area contributed by atoms with Gasteiger partial charge >= 0.3 is 0 Å². The average Bonchev–Trinajstić information content (AvgIpc) is 2.91. The highest BCUT2D eigenvalue weighted by Crippen LogP contribution is 2.35. The van der Waals surface area contributed by atoms with Gasteiger partial charge in [-0.15, -0.1) is 0 Å². The van der Waals surface area contributed by atoms with E-state index in [2.05, 4.69) is 42.9 Å². The third kappa shape index (κ3) is 4.32. The van der Waals surface area contributed by atoms with Crippen molar-refractivity contribution in [2.45, 2.75) is 58.9 Å². The molecule has 4 unspecified atom stereocenters. The molecule has 4 atom stereocenters. The lowest BCUT2D eigenvalue weighted by Gasteiger charge is -2.37. The minimum atomic E-state index is 0.685. The first-order valence-corrected chi connectivity index (χ1v) is 8.89. The Morgan fingerprint density at radius 2 is 2.16 bits per heavy atom. The van der Waals surface area contributed by atoms with Crippen LogP contribution in [0.15, 0.2) is 16.8 Å². The van der Waals surface area contributed by atoms with Crippen LogP contribution in [0, 0.1) is 17.8 Å². The maximum absolute atomic E-state index is 3.82. The van der Waals surface area contributed by atoms with Crippen LogP contribution < -0.4 is 5.32 Å². The molecule has 1 N–H and O–H groups in total. The minimum Gasteiger partial charge on any atom is -0.313 e. The third-order valence-corrected chi connectivity index (χ3v) is 5.63. The Balaban J connectivity index is 1.96. The first kappa shape index (κ1) is 15.1. The standard InChI is InChI=1S/C17H29NS/c1-4-8-18-17(11-15-7-9-19-12-15)16-6-5-13(2)14(3)10-16/h7,9,12-14,16-18H,4-6,8,10-11H2,1-3H3. The zero-order chi connectivity index (χ0) is 13.7. The monoisotopic (exact) mass is 279 g/mol. The summed E-state index contributed by atoms with van der Waals surface area (Å²) in [5.41, 5.74) is 1.52. The van der Waals surface area contributed by atoms with Crippen molar-refractivity contribution in [2.75, 3.05) is 6.54 Å². The number of thiophene rings is 1. The summed E-state index contributed by atoms with van der Waals surface area (Å²) in [5, 5.41) is 8.34. The van der Waals surface area contributed by atoms with Crippen molar-refractivity contribution in [1.82, 2.24) is 5.32 Å². The van der Waals surface area contributed by atoms with Crippen LogP contribution >= 0.6 is 11.3 Å². The average molecular weight is 279 g/mol. The zero-order valence-electron chi connectivity index (χ0n) is 12.7. The van der Waals surface area contributed by atoms with Crippen molar-refractivity contribution in [1.29, 1.82) is 0 Å². The normalized spacial score (nSPS) is 29.3. The molecule has 1 nitrogen and oxygen atoms in total. The molecule has 1 aliphatic carbocycles. The second kappa shape index (κ2) is 7.44. The molecular weight excluding hydrogens is 250 g/mol. The van der Waals surface area contributed by atoms with E-state index in [4.69, 9.17) is 0 Å². The maximum atomic E-state index is 3.82. The molecule has 0 amide bonds. The third-order valence-electron chi connectivity index (χ3n) is 4.90. The summed E-state index contributed by atoms with van der Waals surface area (Å²) in [4.78, 5) is 0. The molecule has 0 bridgehead atoms. The Bertz CT molecular complexity index is 346. The largest absolute Gasteiger partial charge is 0.313 e. The van der Waals surface area contributed by atoms with Gasteiger partial charge in [-0.1, -0.05) is 27.2 Å². The minimum absolute atomic E-state index is 0.685. The molecule has 1 aromatic rings. The van der Waals surface area contributed by atoms with Crippen molar-refractivity contribution >= 4 is 11.3 Å². The van der Waals surface area contributed by atoms with E-state index in [0.29, 0.717) is 6.04 Å². The molecule has 2 heteroatoms. The summed E-state index contributed by atoms with van der Waals surface area (Å²) in [7, 11) is 0. The molecule has 0 saturated heterocycles. The second-order valence-corrected chi connectivity index (χ2v) is 7.20. The highest BCUT2D eigenvalue weighted by molar-refractivity contribution is 7.07. The van der Waals surface area contributed by atoms with Gasteiger partial charge in [0.15, 0.2) is 0 Å². The summed E-state index contributed by atoms with van der Waals surface area (Å²) < 4.78 is 0. The zero-order valence-corrected chi connectivity index (χ0v) is 13.5. The molecule has 1 aliphatic rings. The van der Waals surface area contributed by atoms with E-state index in [0.717, 1.165) is 24.3 Å². The van der Waals surface area contributed by atoms with E-state index in [-0.39, 0.29) is 0 Å². The summed E-state index contributed by atoms with van der Waals surface area (Å²) in [5.74, 6) is 2.69. The second-order valence-electron chi connectivity index (χ2n) is 6.42. The first-order chi connectivity index (χ1) is 9.20. The highest BCUT2D eigenvalue weighted by Gasteiger charge is 2.29.